The van der Waals surface area contributed by atoms with Crippen LogP contribution in [0.5, 0.6) is 0 Å². The third-order valence-corrected chi connectivity index (χ3v) is 8.00. The van der Waals surface area contributed by atoms with Crippen LogP contribution < -0.4 is 9.62 Å². The first kappa shape index (κ1) is 23.2. The highest BCUT2D eigenvalue weighted by atomic mass is 32.2. The molecule has 0 unspecified atom stereocenters. The van der Waals surface area contributed by atoms with E-state index < -0.39 is 10.0 Å². The number of nitrogens with one attached hydrogen (secondary N) is 1. The second kappa shape index (κ2) is 10.7. The van der Waals surface area contributed by atoms with E-state index in [9.17, 15) is 8.42 Å². The predicted octanol–water partition coefficient (Wildman–Crippen LogP) is 3.03. The maximum absolute atomic E-state index is 12.9. The molecule has 0 bridgehead atoms. The molecule has 2 heterocycles. The molecule has 1 aliphatic carbocycles. The van der Waals surface area contributed by atoms with E-state index in [2.05, 4.69) is 50.8 Å². The largest absolute Gasteiger partial charge is 0.380 e. The minimum absolute atomic E-state index is 0.0243. The molecule has 32 heavy (non-hydrogen) atoms. The van der Waals surface area contributed by atoms with Crippen molar-refractivity contribution in [2.24, 2.45) is 0 Å². The van der Waals surface area contributed by atoms with Crippen LogP contribution in [-0.2, 0) is 21.3 Å². The molecule has 4 rings (SSSR count). The van der Waals surface area contributed by atoms with Crippen molar-refractivity contribution in [1.82, 2.24) is 14.6 Å². The maximum atomic E-state index is 12.9. The molecule has 1 N–H and O–H groups in total. The monoisotopic (exact) mass is 458 g/mol. The molecule has 1 aliphatic heterocycles. The van der Waals surface area contributed by atoms with Gasteiger partial charge in [0.2, 0.25) is 10.0 Å². The second-order valence-corrected chi connectivity index (χ2v) is 10.5. The molecule has 1 aromatic carbocycles. The number of ether oxygens (including phenoxy) is 1. The standard InChI is InChI=1S/C24H34N4O3S/c1-27(19-20-6-3-2-4-7-20)22-10-8-21(9-11-22)26-32(29,30)23-12-13-24(25-18-23)28-14-5-16-31-17-15-28/h2-4,6-7,12-13,18,21-22,26H,5,8-11,14-17,19H2,1H3. The molecule has 1 aromatic heterocycles. The number of anilines is 1. The lowest BCUT2D eigenvalue weighted by atomic mass is 9.91. The third-order valence-electron chi connectivity index (χ3n) is 6.49. The molecule has 2 fully saturated rings. The Hall–Kier alpha value is -2.00. The summed E-state index contributed by atoms with van der Waals surface area (Å²) in [6, 6.07) is 14.4. The van der Waals surface area contributed by atoms with E-state index in [-0.39, 0.29) is 10.9 Å². The summed E-state index contributed by atoms with van der Waals surface area (Å²) in [5, 5.41) is 0. The normalized spacial score (nSPS) is 22.6. The van der Waals surface area contributed by atoms with Gasteiger partial charge >= 0.3 is 0 Å². The third kappa shape index (κ3) is 6.07. The van der Waals surface area contributed by atoms with Crippen LogP contribution >= 0.6 is 0 Å². The van der Waals surface area contributed by atoms with E-state index in [4.69, 9.17) is 4.74 Å². The Kier molecular flexibility index (Phi) is 7.78. The van der Waals surface area contributed by atoms with Crippen molar-refractivity contribution < 1.29 is 13.2 Å². The highest BCUT2D eigenvalue weighted by Gasteiger charge is 2.28. The molecule has 2 aromatic rings. The number of pyridine rings is 1. The van der Waals surface area contributed by atoms with Gasteiger partial charge in [-0.2, -0.15) is 0 Å². The fraction of sp³-hybridized carbons (Fsp3) is 0.542. The number of nitrogens with zero attached hydrogens (tertiary/aromatic N) is 3. The number of sulfonamides is 1. The average molecular weight is 459 g/mol. The molecule has 8 heteroatoms. The predicted molar refractivity (Wildman–Crippen MR) is 126 cm³/mol. The van der Waals surface area contributed by atoms with E-state index >= 15 is 0 Å². The van der Waals surface area contributed by atoms with Gasteiger partial charge in [-0.1, -0.05) is 30.3 Å². The van der Waals surface area contributed by atoms with Crippen LogP contribution in [0.4, 0.5) is 5.82 Å². The first-order valence-corrected chi connectivity index (χ1v) is 13.0. The van der Waals surface area contributed by atoms with Crippen LogP contribution in [0.2, 0.25) is 0 Å². The summed E-state index contributed by atoms with van der Waals surface area (Å²) in [5.74, 6) is 0.802. The Morgan fingerprint density at radius 3 is 2.56 bits per heavy atom. The zero-order chi connectivity index (χ0) is 22.4. The number of hydrogen-bond acceptors (Lipinski definition) is 6. The number of benzene rings is 1. The molecule has 2 aliphatic rings. The molecule has 0 radical (unpaired) electrons. The lowest BCUT2D eigenvalue weighted by Crippen LogP contribution is -2.42. The Morgan fingerprint density at radius 2 is 1.84 bits per heavy atom. The summed E-state index contributed by atoms with van der Waals surface area (Å²) in [6.07, 6.45) is 6.11. The molecule has 7 nitrogen and oxygen atoms in total. The summed E-state index contributed by atoms with van der Waals surface area (Å²) in [6.45, 7) is 4.01. The topological polar surface area (TPSA) is 74.8 Å². The number of aromatic nitrogens is 1. The lowest BCUT2D eigenvalue weighted by Gasteiger charge is -2.35. The Morgan fingerprint density at radius 1 is 1.06 bits per heavy atom. The van der Waals surface area contributed by atoms with Gasteiger partial charge in [0.25, 0.3) is 0 Å². The van der Waals surface area contributed by atoms with Crippen LogP contribution in [0.1, 0.15) is 37.7 Å². The van der Waals surface area contributed by atoms with Crippen molar-refractivity contribution in [3.8, 4) is 0 Å². The Bertz CT molecular complexity index is 937. The Balaban J connectivity index is 1.29. The van der Waals surface area contributed by atoms with E-state index in [1.54, 1.807) is 12.1 Å². The molecular weight excluding hydrogens is 424 g/mol. The highest BCUT2D eigenvalue weighted by Crippen LogP contribution is 2.25. The van der Waals surface area contributed by atoms with Gasteiger partial charge in [0.05, 0.1) is 6.61 Å². The number of rotatable bonds is 7. The van der Waals surface area contributed by atoms with Crippen molar-refractivity contribution in [2.75, 3.05) is 38.3 Å². The molecule has 1 saturated carbocycles. The van der Waals surface area contributed by atoms with E-state index in [0.29, 0.717) is 12.6 Å². The number of hydrogen-bond donors (Lipinski definition) is 1. The van der Waals surface area contributed by atoms with Crippen LogP contribution in [0.15, 0.2) is 53.6 Å². The van der Waals surface area contributed by atoms with Crippen LogP contribution in [0.3, 0.4) is 0 Å². The van der Waals surface area contributed by atoms with Crippen LogP contribution in [-0.4, -0.2) is 63.7 Å². The van der Waals surface area contributed by atoms with E-state index in [1.807, 2.05) is 6.07 Å². The molecule has 1 saturated heterocycles. The fourth-order valence-corrected chi connectivity index (χ4v) is 5.87. The molecule has 0 spiro atoms. The summed E-state index contributed by atoms with van der Waals surface area (Å²) in [7, 11) is -1.41. The molecule has 0 atom stereocenters. The van der Waals surface area contributed by atoms with Gasteiger partial charge < -0.3 is 9.64 Å². The SMILES string of the molecule is CN(Cc1ccccc1)C1CCC(NS(=O)(=O)c2ccc(N3CCCOCC3)nc2)CC1. The zero-order valence-electron chi connectivity index (χ0n) is 18.8. The fourth-order valence-electron chi connectivity index (χ4n) is 4.62. The van der Waals surface area contributed by atoms with Crippen molar-refractivity contribution in [3.63, 3.8) is 0 Å². The van der Waals surface area contributed by atoms with Gasteiger partial charge in [0.1, 0.15) is 10.7 Å². The maximum Gasteiger partial charge on any atom is 0.242 e. The first-order valence-electron chi connectivity index (χ1n) is 11.6. The minimum atomic E-state index is -3.57. The first-order chi connectivity index (χ1) is 15.5. The summed E-state index contributed by atoms with van der Waals surface area (Å²) >= 11 is 0. The molecular formula is C24H34N4O3S. The van der Waals surface area contributed by atoms with Gasteiger partial charge in [-0.05, 0) is 56.8 Å². The van der Waals surface area contributed by atoms with Gasteiger partial charge in [-0.3, -0.25) is 4.90 Å². The van der Waals surface area contributed by atoms with Crippen LogP contribution in [0.25, 0.3) is 0 Å². The Labute approximate surface area is 191 Å². The van der Waals surface area contributed by atoms with Crippen molar-refractivity contribution in [2.45, 2.75) is 55.6 Å². The molecule has 0 amide bonds. The quantitative estimate of drug-likeness (QED) is 0.688. The van der Waals surface area contributed by atoms with E-state index in [1.165, 1.54) is 11.8 Å². The second-order valence-electron chi connectivity index (χ2n) is 8.83. The lowest BCUT2D eigenvalue weighted by molar-refractivity contribution is 0.152. The smallest absolute Gasteiger partial charge is 0.242 e. The average Bonchev–Trinajstić information content (AvgIpc) is 3.10. The summed E-state index contributed by atoms with van der Waals surface area (Å²) < 4.78 is 34.2. The van der Waals surface area contributed by atoms with Gasteiger partial charge in [0.15, 0.2) is 0 Å². The van der Waals surface area contributed by atoms with Crippen molar-refractivity contribution in [1.29, 1.82) is 0 Å². The summed E-state index contributed by atoms with van der Waals surface area (Å²) in [4.78, 5) is 9.18. The van der Waals surface area contributed by atoms with Gasteiger partial charge in [-0.15, -0.1) is 0 Å². The van der Waals surface area contributed by atoms with Crippen molar-refractivity contribution >= 4 is 15.8 Å². The summed E-state index contributed by atoms with van der Waals surface area (Å²) in [5.41, 5.74) is 1.31. The van der Waals surface area contributed by atoms with Gasteiger partial charge in [0, 0.05) is 44.5 Å². The van der Waals surface area contributed by atoms with Crippen LogP contribution in [0, 0.1) is 0 Å². The van der Waals surface area contributed by atoms with Gasteiger partial charge in [-0.25, -0.2) is 18.1 Å². The van der Waals surface area contributed by atoms with Crippen molar-refractivity contribution in [3.05, 3.63) is 54.2 Å². The minimum Gasteiger partial charge on any atom is -0.380 e. The van der Waals surface area contributed by atoms with E-state index in [0.717, 1.165) is 64.2 Å². The molecule has 174 valence electrons. The highest BCUT2D eigenvalue weighted by molar-refractivity contribution is 7.89. The zero-order valence-corrected chi connectivity index (χ0v) is 19.6.